The highest BCUT2D eigenvalue weighted by molar-refractivity contribution is 8.42. The normalized spacial score (nSPS) is 35.5. The van der Waals surface area contributed by atoms with Crippen LogP contribution in [0.3, 0.4) is 0 Å². The van der Waals surface area contributed by atoms with Crippen LogP contribution in [0, 0.1) is 0 Å². The van der Waals surface area contributed by atoms with Gasteiger partial charge in [0.15, 0.2) is 4.38 Å². The summed E-state index contributed by atoms with van der Waals surface area (Å²) < 4.78 is 0.383. The van der Waals surface area contributed by atoms with E-state index in [4.69, 9.17) is 10.4 Å². The quantitative estimate of drug-likeness (QED) is 0.375. The predicted molar refractivity (Wildman–Crippen MR) is 48.0 cm³/mol. The summed E-state index contributed by atoms with van der Waals surface area (Å²) in [6, 6.07) is 0. The Morgan fingerprint density at radius 1 is 1.64 bits per heavy atom. The number of nitrogens with zero attached hydrogens (tertiary/aromatic N) is 2. The van der Waals surface area contributed by atoms with Crippen LogP contribution in [0.15, 0.2) is 10.3 Å². The number of oxime groups is 2. The Kier molecular flexibility index (Phi) is 2.67. The van der Waals surface area contributed by atoms with Crippen molar-refractivity contribution in [2.24, 2.45) is 10.3 Å². The molecule has 0 spiro atoms. The lowest BCUT2D eigenvalue weighted by Crippen LogP contribution is -2.21. The molecule has 0 aromatic rings. The van der Waals surface area contributed by atoms with Crippen LogP contribution in [0.5, 0.6) is 0 Å². The Balaban J connectivity index is 2.65. The SMILES string of the molecule is C[C@@]1(C=NO)CSC(=NO)S1. The van der Waals surface area contributed by atoms with Gasteiger partial charge in [-0.3, -0.25) is 0 Å². The first-order valence-corrected chi connectivity index (χ1v) is 4.73. The molecule has 0 radical (unpaired) electrons. The third kappa shape index (κ3) is 2.03. The fourth-order valence-electron chi connectivity index (χ4n) is 0.698. The second-order valence-corrected chi connectivity index (χ2v) is 5.06. The maximum atomic E-state index is 8.41. The molecule has 1 fully saturated rings. The van der Waals surface area contributed by atoms with Crippen molar-refractivity contribution in [3.63, 3.8) is 0 Å². The topological polar surface area (TPSA) is 65.2 Å². The molecule has 1 saturated heterocycles. The molecule has 0 aromatic carbocycles. The fourth-order valence-corrected chi connectivity index (χ4v) is 3.18. The van der Waals surface area contributed by atoms with Crippen LogP contribution < -0.4 is 0 Å². The van der Waals surface area contributed by atoms with Gasteiger partial charge in [-0.1, -0.05) is 28.7 Å². The number of hydrogen-bond acceptors (Lipinski definition) is 6. The lowest BCUT2D eigenvalue weighted by molar-refractivity contribution is 0.319. The summed E-state index contributed by atoms with van der Waals surface area (Å²) in [6.07, 6.45) is 1.45. The summed E-state index contributed by atoms with van der Waals surface area (Å²) in [7, 11) is 0. The van der Waals surface area contributed by atoms with Gasteiger partial charge >= 0.3 is 0 Å². The van der Waals surface area contributed by atoms with Gasteiger partial charge in [-0.25, -0.2) is 0 Å². The summed E-state index contributed by atoms with van der Waals surface area (Å²) in [5.41, 5.74) is 0. The minimum Gasteiger partial charge on any atom is -0.411 e. The van der Waals surface area contributed by atoms with Crippen molar-refractivity contribution in [1.82, 2.24) is 0 Å². The van der Waals surface area contributed by atoms with Crippen molar-refractivity contribution in [2.45, 2.75) is 11.7 Å². The molecule has 0 bridgehead atoms. The molecule has 1 rings (SSSR count). The second-order valence-electron chi connectivity index (χ2n) is 2.31. The molecule has 1 heterocycles. The van der Waals surface area contributed by atoms with E-state index in [1.165, 1.54) is 29.7 Å². The molecule has 11 heavy (non-hydrogen) atoms. The van der Waals surface area contributed by atoms with Gasteiger partial charge in [-0.2, -0.15) is 0 Å². The molecule has 0 unspecified atom stereocenters. The standard InChI is InChI=1S/C5H8N2O2S2/c1-5(2-6-8)3-10-4(7-9)11-5/h2,8-9H,3H2,1H3/t5-/m1/s1. The highest BCUT2D eigenvalue weighted by Gasteiger charge is 2.33. The Morgan fingerprint density at radius 3 is 2.82 bits per heavy atom. The molecule has 1 aliphatic heterocycles. The summed E-state index contributed by atoms with van der Waals surface area (Å²) in [5.74, 6) is 0.765. The van der Waals surface area contributed by atoms with E-state index in [1.807, 2.05) is 6.92 Å². The molecular weight excluding hydrogens is 184 g/mol. The summed E-state index contributed by atoms with van der Waals surface area (Å²) in [6.45, 7) is 1.92. The van der Waals surface area contributed by atoms with Gasteiger partial charge in [0, 0.05) is 5.75 Å². The Morgan fingerprint density at radius 2 is 2.36 bits per heavy atom. The first kappa shape index (κ1) is 8.73. The lowest BCUT2D eigenvalue weighted by atomic mass is 10.2. The van der Waals surface area contributed by atoms with Crippen LogP contribution in [0.2, 0.25) is 0 Å². The summed E-state index contributed by atoms with van der Waals surface area (Å²) >= 11 is 2.84. The Hall–Kier alpha value is -0.360. The van der Waals surface area contributed by atoms with Crippen molar-refractivity contribution >= 4 is 34.1 Å². The minimum absolute atomic E-state index is 0.235. The second kappa shape index (κ2) is 3.36. The van der Waals surface area contributed by atoms with E-state index in [9.17, 15) is 0 Å². The molecule has 0 aliphatic carbocycles. The van der Waals surface area contributed by atoms with Gasteiger partial charge in [0.1, 0.15) is 0 Å². The van der Waals surface area contributed by atoms with Crippen LogP contribution in [-0.4, -0.2) is 31.5 Å². The average Bonchev–Trinajstić information content (AvgIpc) is 2.33. The number of rotatable bonds is 1. The molecule has 6 heteroatoms. The van der Waals surface area contributed by atoms with Crippen LogP contribution in [0.25, 0.3) is 0 Å². The third-order valence-corrected chi connectivity index (χ3v) is 4.05. The lowest BCUT2D eigenvalue weighted by Gasteiger charge is -2.11. The molecular formula is C5H8N2O2S2. The first-order chi connectivity index (χ1) is 5.20. The van der Waals surface area contributed by atoms with Crippen molar-refractivity contribution < 1.29 is 10.4 Å². The maximum Gasteiger partial charge on any atom is 0.170 e. The zero-order valence-corrected chi connectivity index (χ0v) is 7.52. The minimum atomic E-state index is -0.235. The van der Waals surface area contributed by atoms with Crippen molar-refractivity contribution in [2.75, 3.05) is 5.75 Å². The zero-order chi connectivity index (χ0) is 8.32. The van der Waals surface area contributed by atoms with E-state index in [1.54, 1.807) is 0 Å². The smallest absolute Gasteiger partial charge is 0.170 e. The summed E-state index contributed by atoms with van der Waals surface area (Å²) in [5, 5.41) is 22.7. The monoisotopic (exact) mass is 192 g/mol. The first-order valence-electron chi connectivity index (χ1n) is 2.93. The Labute approximate surface area is 72.7 Å². The number of hydrogen-bond donors (Lipinski definition) is 2. The van der Waals surface area contributed by atoms with Gasteiger partial charge in [-0.15, -0.1) is 5.16 Å². The molecule has 0 aromatic heterocycles. The Bertz CT molecular complexity index is 207. The highest BCUT2D eigenvalue weighted by Crippen LogP contribution is 2.40. The van der Waals surface area contributed by atoms with E-state index in [2.05, 4.69) is 10.3 Å². The van der Waals surface area contributed by atoms with Crippen molar-refractivity contribution in [3.8, 4) is 0 Å². The van der Waals surface area contributed by atoms with Crippen molar-refractivity contribution in [3.05, 3.63) is 0 Å². The number of thioether (sulfide) groups is 2. The molecule has 2 N–H and O–H groups in total. The van der Waals surface area contributed by atoms with Crippen molar-refractivity contribution in [1.29, 1.82) is 0 Å². The molecule has 62 valence electrons. The van der Waals surface area contributed by atoms with E-state index >= 15 is 0 Å². The zero-order valence-electron chi connectivity index (χ0n) is 5.89. The molecule has 0 amide bonds. The van der Waals surface area contributed by atoms with Gasteiger partial charge in [-0.05, 0) is 6.92 Å². The van der Waals surface area contributed by atoms with E-state index in [0.717, 1.165) is 5.75 Å². The van der Waals surface area contributed by atoms with E-state index < -0.39 is 0 Å². The molecule has 1 atom stereocenters. The maximum absolute atomic E-state index is 8.41. The third-order valence-electron chi connectivity index (χ3n) is 1.22. The van der Waals surface area contributed by atoms with Gasteiger partial charge < -0.3 is 10.4 Å². The van der Waals surface area contributed by atoms with Gasteiger partial charge in [0.2, 0.25) is 0 Å². The largest absolute Gasteiger partial charge is 0.411 e. The highest BCUT2D eigenvalue weighted by atomic mass is 32.2. The van der Waals surface area contributed by atoms with Crippen LogP contribution >= 0.6 is 23.5 Å². The average molecular weight is 192 g/mol. The molecule has 4 nitrogen and oxygen atoms in total. The van der Waals surface area contributed by atoms with Crippen LogP contribution in [0.1, 0.15) is 6.92 Å². The summed E-state index contributed by atoms with van der Waals surface area (Å²) in [4.78, 5) is 0. The predicted octanol–water partition coefficient (Wildman–Crippen LogP) is 1.43. The molecule has 1 aliphatic rings. The van der Waals surface area contributed by atoms with E-state index in [-0.39, 0.29) is 4.75 Å². The van der Waals surface area contributed by atoms with E-state index in [0.29, 0.717) is 4.38 Å². The van der Waals surface area contributed by atoms with Crippen LogP contribution in [0.4, 0.5) is 0 Å². The van der Waals surface area contributed by atoms with Crippen LogP contribution in [-0.2, 0) is 0 Å². The van der Waals surface area contributed by atoms with Gasteiger partial charge in [0.25, 0.3) is 0 Å². The van der Waals surface area contributed by atoms with Gasteiger partial charge in [0.05, 0.1) is 11.0 Å². The molecule has 0 saturated carbocycles. The fraction of sp³-hybridized carbons (Fsp3) is 0.600.